The molecule has 2 aliphatic rings. The molecule has 4 rings (SSSR count). The fourth-order valence-electron chi connectivity index (χ4n) is 2.24. The highest BCUT2D eigenvalue weighted by atomic mass is 35.5. The number of hydrogen-bond donors (Lipinski definition) is 0. The number of alkyl halides is 1. The van der Waals surface area contributed by atoms with Gasteiger partial charge in [0.2, 0.25) is 0 Å². The standard InChI is InChI=1S/C12H14ClN5O2/c13-9-5-17(3-4-19-9)10-6-18(7-14-10)12-15-11(16-20-12)8-1-2-8/h6-9H,1-5H2. The van der Waals surface area contributed by atoms with Crippen molar-refractivity contribution >= 4 is 17.4 Å². The van der Waals surface area contributed by atoms with Gasteiger partial charge in [0.1, 0.15) is 17.7 Å². The van der Waals surface area contributed by atoms with E-state index >= 15 is 0 Å². The first-order chi connectivity index (χ1) is 9.79. The normalized spacial score (nSPS) is 23.2. The van der Waals surface area contributed by atoms with Gasteiger partial charge in [-0.2, -0.15) is 4.98 Å². The summed E-state index contributed by atoms with van der Waals surface area (Å²) in [6.07, 6.45) is 5.86. The third kappa shape index (κ3) is 2.27. The van der Waals surface area contributed by atoms with Crippen LogP contribution < -0.4 is 4.90 Å². The Morgan fingerprint density at radius 3 is 3.05 bits per heavy atom. The third-order valence-electron chi connectivity index (χ3n) is 3.51. The van der Waals surface area contributed by atoms with Crippen molar-refractivity contribution in [2.24, 2.45) is 0 Å². The van der Waals surface area contributed by atoms with E-state index in [0.717, 1.165) is 31.0 Å². The largest absolute Gasteiger partial charge is 0.359 e. The van der Waals surface area contributed by atoms with Gasteiger partial charge in [0, 0.05) is 12.5 Å². The van der Waals surface area contributed by atoms with Gasteiger partial charge >= 0.3 is 6.01 Å². The first-order valence-corrected chi connectivity index (χ1v) is 7.12. The van der Waals surface area contributed by atoms with Crippen LogP contribution in [0, 0.1) is 0 Å². The van der Waals surface area contributed by atoms with Crippen molar-refractivity contribution in [2.45, 2.75) is 24.3 Å². The fraction of sp³-hybridized carbons (Fsp3) is 0.583. The van der Waals surface area contributed by atoms with Crippen LogP contribution in [0.15, 0.2) is 17.0 Å². The van der Waals surface area contributed by atoms with Gasteiger partial charge in [-0.15, -0.1) is 0 Å². The second-order valence-electron chi connectivity index (χ2n) is 5.08. The van der Waals surface area contributed by atoms with Crippen LogP contribution in [-0.2, 0) is 4.74 Å². The zero-order valence-corrected chi connectivity index (χ0v) is 11.5. The summed E-state index contributed by atoms with van der Waals surface area (Å²) in [6, 6.07) is 0.460. The fourth-order valence-corrected chi connectivity index (χ4v) is 2.49. The van der Waals surface area contributed by atoms with Crippen molar-refractivity contribution < 1.29 is 9.26 Å². The Morgan fingerprint density at radius 2 is 2.25 bits per heavy atom. The Bertz CT molecular complexity index is 609. The molecule has 8 heteroatoms. The lowest BCUT2D eigenvalue weighted by Crippen LogP contribution is -2.40. The van der Waals surface area contributed by atoms with E-state index in [1.54, 1.807) is 10.9 Å². The Balaban J connectivity index is 1.54. The average molecular weight is 296 g/mol. The van der Waals surface area contributed by atoms with Gasteiger partial charge in [0.05, 0.1) is 19.3 Å². The van der Waals surface area contributed by atoms with Crippen LogP contribution in [0.3, 0.4) is 0 Å². The number of halogens is 1. The summed E-state index contributed by atoms with van der Waals surface area (Å²) in [5, 5.41) is 4.00. The zero-order chi connectivity index (χ0) is 13.5. The molecule has 3 heterocycles. The number of ether oxygens (including phenoxy) is 1. The van der Waals surface area contributed by atoms with E-state index in [4.69, 9.17) is 20.9 Å². The lowest BCUT2D eigenvalue weighted by atomic mass is 10.4. The maximum absolute atomic E-state index is 5.99. The molecule has 0 aromatic carbocycles. The van der Waals surface area contributed by atoms with Gasteiger partial charge in [-0.3, -0.25) is 4.57 Å². The molecule has 1 aliphatic carbocycles. The van der Waals surface area contributed by atoms with Crippen LogP contribution >= 0.6 is 11.6 Å². The number of morpholine rings is 1. The summed E-state index contributed by atoms with van der Waals surface area (Å²) in [6.45, 7) is 2.00. The van der Waals surface area contributed by atoms with E-state index in [9.17, 15) is 0 Å². The highest BCUT2D eigenvalue weighted by Gasteiger charge is 2.29. The topological polar surface area (TPSA) is 69.2 Å². The minimum Gasteiger partial charge on any atom is -0.359 e. The monoisotopic (exact) mass is 295 g/mol. The van der Waals surface area contributed by atoms with Gasteiger partial charge in [0.25, 0.3) is 0 Å². The molecule has 0 spiro atoms. The maximum Gasteiger partial charge on any atom is 0.333 e. The van der Waals surface area contributed by atoms with Crippen molar-refractivity contribution in [1.82, 2.24) is 19.7 Å². The summed E-state index contributed by atoms with van der Waals surface area (Å²) in [5.41, 5.74) is -0.293. The molecule has 0 radical (unpaired) electrons. The predicted molar refractivity (Wildman–Crippen MR) is 71.2 cm³/mol. The molecule has 1 unspecified atom stereocenters. The van der Waals surface area contributed by atoms with Crippen molar-refractivity contribution in [3.05, 3.63) is 18.3 Å². The van der Waals surface area contributed by atoms with E-state index in [2.05, 4.69) is 20.0 Å². The van der Waals surface area contributed by atoms with Crippen LogP contribution in [0.5, 0.6) is 0 Å². The maximum atomic E-state index is 5.99. The van der Waals surface area contributed by atoms with Gasteiger partial charge < -0.3 is 14.2 Å². The second-order valence-corrected chi connectivity index (χ2v) is 5.56. The molecular formula is C12H14ClN5O2. The Labute approximate surface area is 120 Å². The van der Waals surface area contributed by atoms with Crippen LogP contribution in [0.4, 0.5) is 5.82 Å². The van der Waals surface area contributed by atoms with Gasteiger partial charge in [-0.25, -0.2) is 4.98 Å². The van der Waals surface area contributed by atoms with Crippen LogP contribution in [0.2, 0.25) is 0 Å². The molecule has 1 aliphatic heterocycles. The molecule has 1 saturated carbocycles. The van der Waals surface area contributed by atoms with Gasteiger partial charge in [-0.1, -0.05) is 16.8 Å². The van der Waals surface area contributed by atoms with E-state index in [0.29, 0.717) is 25.1 Å². The summed E-state index contributed by atoms with van der Waals surface area (Å²) >= 11 is 5.99. The van der Waals surface area contributed by atoms with Crippen LogP contribution in [0.1, 0.15) is 24.6 Å². The number of imidazole rings is 1. The van der Waals surface area contributed by atoms with Crippen LogP contribution in [-0.4, -0.2) is 45.0 Å². The predicted octanol–water partition coefficient (Wildman–Crippen LogP) is 1.53. The SMILES string of the molecule is ClC1CN(c2cn(-c3nc(C4CC4)no3)cn2)CCO1. The first-order valence-electron chi connectivity index (χ1n) is 6.68. The summed E-state index contributed by atoms with van der Waals surface area (Å²) in [7, 11) is 0. The van der Waals surface area contributed by atoms with Gasteiger partial charge in [0.15, 0.2) is 5.82 Å². The summed E-state index contributed by atoms with van der Waals surface area (Å²) in [5.74, 6) is 2.11. The quantitative estimate of drug-likeness (QED) is 0.800. The second kappa shape index (κ2) is 4.75. The molecule has 2 aromatic rings. The summed E-state index contributed by atoms with van der Waals surface area (Å²) < 4.78 is 12.3. The van der Waals surface area contributed by atoms with Crippen molar-refractivity contribution in [1.29, 1.82) is 0 Å². The molecule has 0 amide bonds. The lowest BCUT2D eigenvalue weighted by molar-refractivity contribution is 0.0931. The molecule has 0 bridgehead atoms. The third-order valence-corrected chi connectivity index (χ3v) is 3.78. The Morgan fingerprint density at radius 1 is 1.35 bits per heavy atom. The molecular weight excluding hydrogens is 282 g/mol. The van der Waals surface area contributed by atoms with E-state index < -0.39 is 0 Å². The smallest absolute Gasteiger partial charge is 0.333 e. The molecule has 20 heavy (non-hydrogen) atoms. The first kappa shape index (κ1) is 12.2. The number of anilines is 1. The molecule has 0 N–H and O–H groups in total. The summed E-state index contributed by atoms with van der Waals surface area (Å²) in [4.78, 5) is 10.8. The van der Waals surface area contributed by atoms with E-state index in [1.165, 1.54) is 0 Å². The zero-order valence-electron chi connectivity index (χ0n) is 10.8. The molecule has 1 saturated heterocycles. The number of nitrogens with zero attached hydrogens (tertiary/aromatic N) is 5. The highest BCUT2D eigenvalue weighted by Crippen LogP contribution is 2.38. The molecule has 2 aromatic heterocycles. The number of rotatable bonds is 3. The highest BCUT2D eigenvalue weighted by molar-refractivity contribution is 6.20. The number of aromatic nitrogens is 4. The molecule has 106 valence electrons. The van der Waals surface area contributed by atoms with Crippen molar-refractivity contribution in [3.8, 4) is 6.01 Å². The molecule has 7 nitrogen and oxygen atoms in total. The minimum atomic E-state index is -0.293. The van der Waals surface area contributed by atoms with E-state index in [1.807, 2.05) is 6.20 Å². The van der Waals surface area contributed by atoms with Crippen molar-refractivity contribution in [2.75, 3.05) is 24.6 Å². The van der Waals surface area contributed by atoms with Crippen LogP contribution in [0.25, 0.3) is 6.01 Å². The Kier molecular flexibility index (Phi) is 2.89. The molecule has 2 fully saturated rings. The van der Waals surface area contributed by atoms with E-state index in [-0.39, 0.29) is 5.56 Å². The minimum absolute atomic E-state index is 0.293. The molecule has 1 atom stereocenters. The average Bonchev–Trinajstić information content (AvgIpc) is 3.01. The Hall–Kier alpha value is -1.60. The van der Waals surface area contributed by atoms with Crippen molar-refractivity contribution in [3.63, 3.8) is 0 Å². The lowest BCUT2D eigenvalue weighted by Gasteiger charge is -2.29. The number of hydrogen-bond acceptors (Lipinski definition) is 6. The van der Waals surface area contributed by atoms with Gasteiger partial charge in [-0.05, 0) is 12.8 Å².